The minimum absolute atomic E-state index is 0.0646. The molecule has 4 N–H and O–H groups in total. The summed E-state index contributed by atoms with van der Waals surface area (Å²) in [5, 5.41) is 41.9. The Kier molecular flexibility index (Phi) is 7.15. The number of fused-ring (bicyclic) bond motifs is 4. The van der Waals surface area contributed by atoms with Crippen molar-refractivity contribution < 1.29 is 39.6 Å². The van der Waals surface area contributed by atoms with Crippen molar-refractivity contribution in [3.05, 3.63) is 11.1 Å². The third kappa shape index (κ3) is 3.80. The van der Waals surface area contributed by atoms with Crippen LogP contribution in [0.3, 0.4) is 0 Å². The maximum absolute atomic E-state index is 14.1. The van der Waals surface area contributed by atoms with Crippen LogP contribution in [0, 0.1) is 45.3 Å². The molecule has 4 aliphatic carbocycles. The molecule has 38 heavy (non-hydrogen) atoms. The average Bonchev–Trinajstić information content (AvgIpc) is 3.03. The first kappa shape index (κ1) is 29.1. The fraction of sp³-hybridized carbons (Fsp3) is 0.800. The first-order valence-electron chi connectivity index (χ1n) is 14.0. The highest BCUT2D eigenvalue weighted by Gasteiger charge is 2.70. The zero-order chi connectivity index (χ0) is 28.6. The number of carbonyl (C=O) groups excluding carboxylic acids is 3. The molecule has 0 radical (unpaired) electrons. The van der Waals surface area contributed by atoms with E-state index in [-0.39, 0.29) is 61.5 Å². The number of Topliss-reactive ketones (excluding diaryl/α,β-unsaturated/α-hetero) is 3. The van der Waals surface area contributed by atoms with Crippen LogP contribution in [0.15, 0.2) is 11.1 Å². The predicted octanol–water partition coefficient (Wildman–Crippen LogP) is 3.10. The molecule has 0 heterocycles. The van der Waals surface area contributed by atoms with Crippen LogP contribution in [0.25, 0.3) is 0 Å². The first-order chi connectivity index (χ1) is 17.5. The minimum Gasteiger partial charge on any atom is -0.481 e. The van der Waals surface area contributed by atoms with E-state index >= 15 is 0 Å². The molecule has 0 aromatic carbocycles. The molecule has 212 valence electrons. The van der Waals surface area contributed by atoms with Gasteiger partial charge >= 0.3 is 5.97 Å². The highest BCUT2D eigenvalue weighted by molar-refractivity contribution is 6.11. The quantitative estimate of drug-likeness (QED) is 0.391. The van der Waals surface area contributed by atoms with Gasteiger partial charge in [0, 0.05) is 53.1 Å². The lowest BCUT2D eigenvalue weighted by atomic mass is 9.42. The lowest BCUT2D eigenvalue weighted by molar-refractivity contribution is -0.152. The summed E-state index contributed by atoms with van der Waals surface area (Å²) in [6, 6.07) is 0. The van der Waals surface area contributed by atoms with Crippen molar-refractivity contribution in [2.75, 3.05) is 6.61 Å². The summed E-state index contributed by atoms with van der Waals surface area (Å²) in [4.78, 5) is 52.0. The Labute approximate surface area is 224 Å². The van der Waals surface area contributed by atoms with Crippen LogP contribution >= 0.6 is 0 Å². The fourth-order valence-electron chi connectivity index (χ4n) is 9.16. The van der Waals surface area contributed by atoms with Crippen LogP contribution in [-0.4, -0.2) is 62.6 Å². The third-order valence-corrected chi connectivity index (χ3v) is 11.8. The smallest absolute Gasteiger partial charge is 0.306 e. The van der Waals surface area contributed by atoms with Crippen LogP contribution in [0.1, 0.15) is 86.5 Å². The molecule has 1 unspecified atom stereocenters. The molecule has 2 fully saturated rings. The monoisotopic (exact) mass is 532 g/mol. The normalized spacial score (nSPS) is 44.2. The topological polar surface area (TPSA) is 149 Å². The number of aliphatic hydroxyl groups is 3. The van der Waals surface area contributed by atoms with Gasteiger partial charge < -0.3 is 20.4 Å². The minimum atomic E-state index is -1.02. The second-order valence-corrected chi connectivity index (χ2v) is 13.8. The van der Waals surface area contributed by atoms with Crippen molar-refractivity contribution in [1.82, 2.24) is 0 Å². The molecule has 2 saturated carbocycles. The predicted molar refractivity (Wildman–Crippen MR) is 139 cm³/mol. The van der Waals surface area contributed by atoms with Gasteiger partial charge in [-0.3, -0.25) is 19.2 Å². The Morgan fingerprint density at radius 1 is 0.974 bits per heavy atom. The molecule has 0 bridgehead atoms. The standard InChI is InChI=1S/C30H44O8/c1-15(9-17(32)10-16(2)26(37)38)18-11-23(36)30(6)25-19(33)12-21-27(3,8-7-22(35)28(21,4)14-31)24(25)20(34)13-29(18,30)5/h15-16,18,21-23,31,35-36H,7-14H2,1-6H3,(H,37,38)/t15-,16+,18-,21-,22+,23-,27+,28?,29-,30+/m1/s1. The lowest BCUT2D eigenvalue weighted by Gasteiger charge is -2.61. The van der Waals surface area contributed by atoms with Gasteiger partial charge in [-0.2, -0.15) is 0 Å². The second-order valence-electron chi connectivity index (χ2n) is 13.8. The number of rotatable bonds is 7. The van der Waals surface area contributed by atoms with Gasteiger partial charge in [0.2, 0.25) is 0 Å². The van der Waals surface area contributed by atoms with Gasteiger partial charge in [0.05, 0.1) is 24.7 Å². The summed E-state index contributed by atoms with van der Waals surface area (Å²) in [5.74, 6) is -3.08. The average molecular weight is 533 g/mol. The number of hydrogen-bond acceptors (Lipinski definition) is 7. The largest absolute Gasteiger partial charge is 0.481 e. The van der Waals surface area contributed by atoms with Crippen LogP contribution in [0.2, 0.25) is 0 Å². The summed E-state index contributed by atoms with van der Waals surface area (Å²) in [6.07, 6.45) is -0.0478. The molecular weight excluding hydrogens is 488 g/mol. The van der Waals surface area contributed by atoms with Gasteiger partial charge in [-0.15, -0.1) is 0 Å². The summed E-state index contributed by atoms with van der Waals surface area (Å²) in [6.45, 7) is 10.8. The number of carbonyl (C=O) groups is 4. The molecule has 10 atom stereocenters. The Hall–Kier alpha value is -1.90. The molecule has 0 aliphatic heterocycles. The van der Waals surface area contributed by atoms with Crippen molar-refractivity contribution in [2.24, 2.45) is 45.3 Å². The number of allylic oxidation sites excluding steroid dienone is 1. The van der Waals surface area contributed by atoms with E-state index in [1.807, 2.05) is 27.7 Å². The van der Waals surface area contributed by atoms with Gasteiger partial charge in [0.25, 0.3) is 0 Å². The Bertz CT molecular complexity index is 1090. The van der Waals surface area contributed by atoms with Crippen LogP contribution in [-0.2, 0) is 19.2 Å². The van der Waals surface area contributed by atoms with Gasteiger partial charge in [-0.1, -0.05) is 41.5 Å². The molecule has 4 rings (SSSR count). The number of hydrogen-bond donors (Lipinski definition) is 4. The van der Waals surface area contributed by atoms with E-state index in [4.69, 9.17) is 0 Å². The van der Waals surface area contributed by atoms with Crippen molar-refractivity contribution in [2.45, 2.75) is 98.7 Å². The highest BCUT2D eigenvalue weighted by Crippen LogP contribution is 2.71. The van der Waals surface area contributed by atoms with E-state index in [1.165, 1.54) is 6.92 Å². The van der Waals surface area contributed by atoms with Crippen molar-refractivity contribution in [1.29, 1.82) is 0 Å². The number of carboxylic acid groups (broad SMARTS) is 1. The van der Waals surface area contributed by atoms with Crippen molar-refractivity contribution in [3.8, 4) is 0 Å². The summed E-state index contributed by atoms with van der Waals surface area (Å²) >= 11 is 0. The van der Waals surface area contributed by atoms with Crippen molar-refractivity contribution in [3.63, 3.8) is 0 Å². The molecule has 0 amide bonds. The first-order valence-corrected chi connectivity index (χ1v) is 14.0. The molecule has 0 aromatic rings. The maximum atomic E-state index is 14.1. The summed E-state index contributed by atoms with van der Waals surface area (Å²) in [7, 11) is 0. The summed E-state index contributed by atoms with van der Waals surface area (Å²) < 4.78 is 0. The van der Waals surface area contributed by atoms with Gasteiger partial charge in [0.1, 0.15) is 5.78 Å². The number of ketones is 3. The summed E-state index contributed by atoms with van der Waals surface area (Å²) in [5.41, 5.74) is -2.46. The second kappa shape index (κ2) is 9.34. The SMILES string of the molecule is C[C@H](CC(=O)C[C@H](C)C(=O)O)[C@H]1C[C@@H](O)[C@@]2(C)C3=C(C(=O)C[C@]12C)[C@@]1(C)CC[C@H](O)C(C)(CO)[C@@H]1CC3=O. The van der Waals surface area contributed by atoms with E-state index in [1.54, 1.807) is 6.92 Å². The highest BCUT2D eigenvalue weighted by atomic mass is 16.4. The van der Waals surface area contributed by atoms with E-state index in [0.29, 0.717) is 30.4 Å². The number of aliphatic carboxylic acids is 1. The lowest BCUT2D eigenvalue weighted by Crippen LogP contribution is -2.61. The Balaban J connectivity index is 1.75. The zero-order valence-corrected chi connectivity index (χ0v) is 23.5. The van der Waals surface area contributed by atoms with E-state index in [9.17, 15) is 39.6 Å². The van der Waals surface area contributed by atoms with E-state index in [0.717, 1.165) is 0 Å². The molecule has 0 spiro atoms. The molecule has 4 aliphatic rings. The van der Waals surface area contributed by atoms with Gasteiger partial charge in [-0.25, -0.2) is 0 Å². The van der Waals surface area contributed by atoms with E-state index < -0.39 is 51.7 Å². The molecule has 0 aromatic heterocycles. The molecule has 8 heteroatoms. The third-order valence-electron chi connectivity index (χ3n) is 11.8. The zero-order valence-electron chi connectivity index (χ0n) is 23.5. The Morgan fingerprint density at radius 2 is 1.61 bits per heavy atom. The van der Waals surface area contributed by atoms with Crippen LogP contribution in [0.5, 0.6) is 0 Å². The van der Waals surface area contributed by atoms with Gasteiger partial charge in [-0.05, 0) is 42.4 Å². The fourth-order valence-corrected chi connectivity index (χ4v) is 9.16. The molecule has 8 nitrogen and oxygen atoms in total. The number of aliphatic hydroxyl groups excluding tert-OH is 3. The van der Waals surface area contributed by atoms with Crippen LogP contribution < -0.4 is 0 Å². The Morgan fingerprint density at radius 3 is 2.18 bits per heavy atom. The van der Waals surface area contributed by atoms with Crippen molar-refractivity contribution >= 4 is 23.3 Å². The van der Waals surface area contributed by atoms with E-state index in [2.05, 4.69) is 0 Å². The maximum Gasteiger partial charge on any atom is 0.306 e. The number of carboxylic acids is 1. The van der Waals surface area contributed by atoms with Gasteiger partial charge in [0.15, 0.2) is 11.6 Å². The molecule has 0 saturated heterocycles. The molecular formula is C30H44O8. The van der Waals surface area contributed by atoms with Crippen LogP contribution in [0.4, 0.5) is 0 Å².